The predicted molar refractivity (Wildman–Crippen MR) is 108 cm³/mol. The molecule has 1 amide bonds. The molecule has 0 saturated carbocycles. The maximum atomic E-state index is 12.6. The van der Waals surface area contributed by atoms with Crippen LogP contribution in [0.2, 0.25) is 5.02 Å². The first-order valence-electron chi connectivity index (χ1n) is 8.37. The van der Waals surface area contributed by atoms with Crippen LogP contribution in [0.3, 0.4) is 0 Å². The molecule has 2 heterocycles. The van der Waals surface area contributed by atoms with Crippen molar-refractivity contribution in [3.8, 4) is 11.9 Å². The second-order valence-electron chi connectivity index (χ2n) is 5.82. The van der Waals surface area contributed by atoms with Gasteiger partial charge in [0.25, 0.3) is 10.0 Å². The smallest absolute Gasteiger partial charge is 0.321 e. The number of rotatable bonds is 8. The van der Waals surface area contributed by atoms with Gasteiger partial charge in [-0.25, -0.2) is 8.42 Å². The van der Waals surface area contributed by atoms with Crippen molar-refractivity contribution in [3.05, 3.63) is 47.7 Å². The van der Waals surface area contributed by atoms with Gasteiger partial charge < -0.3 is 14.8 Å². The molecule has 13 heteroatoms. The number of amides is 1. The Morgan fingerprint density at radius 2 is 1.90 bits per heavy atom. The van der Waals surface area contributed by atoms with Gasteiger partial charge in [0.15, 0.2) is 5.82 Å². The summed E-state index contributed by atoms with van der Waals surface area (Å²) < 4.78 is 38.9. The van der Waals surface area contributed by atoms with Gasteiger partial charge in [-0.15, -0.1) is 0 Å². The molecule has 0 aliphatic rings. The van der Waals surface area contributed by atoms with Crippen LogP contribution in [-0.4, -0.2) is 48.3 Å². The molecule has 0 saturated heterocycles. The molecule has 0 aliphatic heterocycles. The van der Waals surface area contributed by atoms with E-state index >= 15 is 0 Å². The first kappa shape index (κ1) is 21.3. The topological polar surface area (TPSA) is 137 Å². The minimum absolute atomic E-state index is 0.0195. The third-order valence-corrected chi connectivity index (χ3v) is 5.23. The molecule has 0 unspecified atom stereocenters. The summed E-state index contributed by atoms with van der Waals surface area (Å²) >= 11 is 5.76. The van der Waals surface area contributed by atoms with Crippen LogP contribution in [0.5, 0.6) is 11.9 Å². The molecule has 2 aromatic heterocycles. The van der Waals surface area contributed by atoms with E-state index in [0.717, 1.165) is 0 Å². The number of ether oxygens (including phenoxy) is 2. The van der Waals surface area contributed by atoms with Gasteiger partial charge in [-0.05, 0) is 24.3 Å². The summed E-state index contributed by atoms with van der Waals surface area (Å²) in [6, 6.07) is 6.88. The average molecular weight is 453 g/mol. The van der Waals surface area contributed by atoms with Crippen molar-refractivity contribution >= 4 is 39.0 Å². The van der Waals surface area contributed by atoms with E-state index in [2.05, 4.69) is 25.1 Å². The SMILES string of the molecule is COc1cc(NS(=O)(=O)c2ccc(NC(=O)Cn3cc(Cl)cn3)cc2)nc(OC)n1. The molecule has 0 spiro atoms. The maximum absolute atomic E-state index is 12.6. The molecule has 0 bridgehead atoms. The van der Waals surface area contributed by atoms with Crippen LogP contribution in [0.1, 0.15) is 0 Å². The highest BCUT2D eigenvalue weighted by molar-refractivity contribution is 7.92. The average Bonchev–Trinajstić information content (AvgIpc) is 3.12. The summed E-state index contributed by atoms with van der Waals surface area (Å²) in [5.74, 6) is -0.228. The lowest BCUT2D eigenvalue weighted by Crippen LogP contribution is -2.19. The number of hydrogen-bond acceptors (Lipinski definition) is 8. The number of anilines is 2. The number of carbonyl (C=O) groups excluding carboxylic acids is 1. The largest absolute Gasteiger partial charge is 0.481 e. The zero-order valence-corrected chi connectivity index (χ0v) is 17.4. The van der Waals surface area contributed by atoms with Crippen molar-refractivity contribution in [2.24, 2.45) is 0 Å². The van der Waals surface area contributed by atoms with Crippen molar-refractivity contribution in [1.29, 1.82) is 0 Å². The first-order chi connectivity index (χ1) is 14.3. The quantitative estimate of drug-likeness (QED) is 0.527. The second kappa shape index (κ2) is 8.97. The molecule has 2 N–H and O–H groups in total. The van der Waals surface area contributed by atoms with Crippen LogP contribution < -0.4 is 19.5 Å². The molecular formula is C17H17ClN6O5S. The summed E-state index contributed by atoms with van der Waals surface area (Å²) in [4.78, 5) is 19.9. The highest BCUT2D eigenvalue weighted by Crippen LogP contribution is 2.21. The number of aromatic nitrogens is 4. The van der Waals surface area contributed by atoms with Crippen LogP contribution in [0.25, 0.3) is 0 Å². The van der Waals surface area contributed by atoms with Gasteiger partial charge in [-0.1, -0.05) is 11.6 Å². The van der Waals surface area contributed by atoms with Crippen molar-refractivity contribution in [3.63, 3.8) is 0 Å². The Bertz CT molecular complexity index is 1130. The van der Waals surface area contributed by atoms with Gasteiger partial charge in [0, 0.05) is 18.0 Å². The lowest BCUT2D eigenvalue weighted by molar-refractivity contribution is -0.116. The molecule has 3 rings (SSSR count). The van der Waals surface area contributed by atoms with E-state index in [4.69, 9.17) is 21.1 Å². The van der Waals surface area contributed by atoms with E-state index in [9.17, 15) is 13.2 Å². The third-order valence-electron chi connectivity index (χ3n) is 3.67. The minimum atomic E-state index is -3.95. The Kier molecular flexibility index (Phi) is 6.37. The highest BCUT2D eigenvalue weighted by Gasteiger charge is 2.17. The van der Waals surface area contributed by atoms with E-state index in [1.165, 1.54) is 61.6 Å². The fraction of sp³-hybridized carbons (Fsp3) is 0.176. The number of carbonyl (C=O) groups is 1. The molecular weight excluding hydrogens is 436 g/mol. The predicted octanol–water partition coefficient (Wildman–Crippen LogP) is 1.78. The van der Waals surface area contributed by atoms with E-state index < -0.39 is 10.0 Å². The Hall–Kier alpha value is -3.38. The van der Waals surface area contributed by atoms with E-state index in [-0.39, 0.29) is 35.1 Å². The molecule has 11 nitrogen and oxygen atoms in total. The Labute approximate surface area is 177 Å². The number of hydrogen-bond donors (Lipinski definition) is 2. The van der Waals surface area contributed by atoms with Crippen LogP contribution in [0, 0.1) is 0 Å². The maximum Gasteiger partial charge on any atom is 0.321 e. The Balaban J connectivity index is 1.69. The zero-order chi connectivity index (χ0) is 21.7. The number of sulfonamides is 1. The van der Waals surface area contributed by atoms with Crippen molar-refractivity contribution in [2.75, 3.05) is 24.3 Å². The molecule has 1 aromatic carbocycles. The van der Waals surface area contributed by atoms with Crippen LogP contribution in [-0.2, 0) is 21.4 Å². The van der Waals surface area contributed by atoms with E-state index in [0.29, 0.717) is 10.7 Å². The Morgan fingerprint density at radius 1 is 1.17 bits per heavy atom. The third kappa shape index (κ3) is 5.36. The van der Waals surface area contributed by atoms with Gasteiger partial charge in [0.2, 0.25) is 11.8 Å². The summed E-state index contributed by atoms with van der Waals surface area (Å²) in [5.41, 5.74) is 0.419. The molecule has 0 fully saturated rings. The van der Waals surface area contributed by atoms with Gasteiger partial charge in [0.1, 0.15) is 6.54 Å². The molecule has 0 radical (unpaired) electrons. The second-order valence-corrected chi connectivity index (χ2v) is 7.94. The monoisotopic (exact) mass is 452 g/mol. The van der Waals surface area contributed by atoms with Crippen LogP contribution in [0.4, 0.5) is 11.5 Å². The molecule has 0 atom stereocenters. The first-order valence-corrected chi connectivity index (χ1v) is 10.2. The van der Waals surface area contributed by atoms with Crippen molar-refractivity contribution in [2.45, 2.75) is 11.4 Å². The number of halogens is 1. The van der Waals surface area contributed by atoms with Crippen LogP contribution >= 0.6 is 11.6 Å². The summed E-state index contributed by atoms with van der Waals surface area (Å²) in [6.45, 7) is -0.0360. The number of nitrogens with one attached hydrogen (secondary N) is 2. The fourth-order valence-corrected chi connectivity index (χ4v) is 3.49. The normalized spacial score (nSPS) is 11.0. The van der Waals surface area contributed by atoms with E-state index in [1.54, 1.807) is 0 Å². The van der Waals surface area contributed by atoms with E-state index in [1.807, 2.05) is 0 Å². The lowest BCUT2D eigenvalue weighted by atomic mass is 10.3. The van der Waals surface area contributed by atoms with Crippen molar-refractivity contribution < 1.29 is 22.7 Å². The van der Waals surface area contributed by atoms with Gasteiger partial charge in [0.05, 0.1) is 30.3 Å². The zero-order valence-electron chi connectivity index (χ0n) is 15.9. The highest BCUT2D eigenvalue weighted by atomic mass is 35.5. The minimum Gasteiger partial charge on any atom is -0.481 e. The standard InChI is InChI=1S/C17H17ClN6O5S/c1-28-16-7-14(21-17(22-16)29-2)23-30(26,27)13-5-3-12(4-6-13)20-15(25)10-24-9-11(18)8-19-24/h3-9H,10H2,1-2H3,(H,20,25)(H,21,22,23). The van der Waals surface area contributed by atoms with Gasteiger partial charge in [-0.2, -0.15) is 15.1 Å². The number of benzene rings is 1. The van der Waals surface area contributed by atoms with Gasteiger partial charge in [-0.3, -0.25) is 14.2 Å². The lowest BCUT2D eigenvalue weighted by Gasteiger charge is -2.10. The molecule has 3 aromatic rings. The number of nitrogens with zero attached hydrogens (tertiary/aromatic N) is 4. The summed E-state index contributed by atoms with van der Waals surface area (Å²) in [7, 11) is -1.22. The van der Waals surface area contributed by atoms with Gasteiger partial charge >= 0.3 is 6.01 Å². The van der Waals surface area contributed by atoms with Crippen LogP contribution in [0.15, 0.2) is 47.6 Å². The number of methoxy groups -OCH3 is 2. The van der Waals surface area contributed by atoms with Crippen molar-refractivity contribution in [1.82, 2.24) is 19.7 Å². The summed E-state index contributed by atoms with van der Waals surface area (Å²) in [6.07, 6.45) is 2.93. The fourth-order valence-electron chi connectivity index (χ4n) is 2.34. The Morgan fingerprint density at radius 3 is 2.50 bits per heavy atom. The summed E-state index contributed by atoms with van der Waals surface area (Å²) in [5, 5.41) is 6.98. The molecule has 0 aliphatic carbocycles. The molecule has 30 heavy (non-hydrogen) atoms. The molecule has 158 valence electrons.